The van der Waals surface area contributed by atoms with Crippen LogP contribution in [-0.2, 0) is 9.59 Å². The number of likely N-dealkylation sites (N-methyl/N-ethyl adjacent to an activating group) is 1. The molecule has 0 bridgehead atoms. The minimum Gasteiger partial charge on any atom is -0.480 e. The van der Waals surface area contributed by atoms with Crippen LogP contribution in [0.4, 0.5) is 0 Å². The Balaban J connectivity index is 2.76. The van der Waals surface area contributed by atoms with E-state index >= 15 is 0 Å². The quantitative estimate of drug-likeness (QED) is 0.851. The van der Waals surface area contributed by atoms with Crippen LogP contribution in [0.2, 0.25) is 0 Å². The number of nitrogens with zero attached hydrogens (tertiary/aromatic N) is 1. The molecule has 1 unspecified atom stereocenters. The van der Waals surface area contributed by atoms with Gasteiger partial charge in [0.05, 0.1) is 0 Å². The highest BCUT2D eigenvalue weighted by molar-refractivity contribution is 5.98. The summed E-state index contributed by atoms with van der Waals surface area (Å²) in [6, 6.07) is 7.69. The van der Waals surface area contributed by atoms with Gasteiger partial charge in [0.2, 0.25) is 5.91 Å². The monoisotopic (exact) mass is 292 g/mol. The lowest BCUT2D eigenvalue weighted by Crippen LogP contribution is -2.56. The van der Waals surface area contributed by atoms with E-state index in [0.717, 1.165) is 4.90 Å². The van der Waals surface area contributed by atoms with Crippen LogP contribution in [0.1, 0.15) is 31.1 Å². The third-order valence-corrected chi connectivity index (χ3v) is 3.45. The van der Waals surface area contributed by atoms with Crippen LogP contribution in [0.25, 0.3) is 0 Å². The summed E-state index contributed by atoms with van der Waals surface area (Å²) in [5.41, 5.74) is -0.902. The van der Waals surface area contributed by atoms with Crippen molar-refractivity contribution in [3.63, 3.8) is 0 Å². The van der Waals surface area contributed by atoms with Crippen molar-refractivity contribution in [2.24, 2.45) is 0 Å². The summed E-state index contributed by atoms with van der Waals surface area (Å²) < 4.78 is 0. The number of amides is 2. The molecule has 6 nitrogen and oxygen atoms in total. The van der Waals surface area contributed by atoms with Crippen molar-refractivity contribution < 1.29 is 19.5 Å². The molecule has 0 fully saturated rings. The van der Waals surface area contributed by atoms with Gasteiger partial charge < -0.3 is 15.3 Å². The van der Waals surface area contributed by atoms with Gasteiger partial charge in [-0.1, -0.05) is 18.2 Å². The maximum absolute atomic E-state index is 12.2. The molecule has 0 aliphatic heterocycles. The minimum atomic E-state index is -1.34. The molecule has 6 heteroatoms. The maximum Gasteiger partial charge on any atom is 0.329 e. The Labute approximate surface area is 123 Å². The summed E-state index contributed by atoms with van der Waals surface area (Å²) in [7, 11) is 1.40. The molecule has 114 valence electrons. The number of carboxylic acids is 1. The van der Waals surface area contributed by atoms with E-state index in [2.05, 4.69) is 5.32 Å². The normalized spacial score (nSPS) is 12.4. The molecule has 1 aromatic carbocycles. The fraction of sp³-hybridized carbons (Fsp3) is 0.400. The van der Waals surface area contributed by atoms with Crippen molar-refractivity contribution in [1.29, 1.82) is 0 Å². The van der Waals surface area contributed by atoms with Gasteiger partial charge in [0.1, 0.15) is 11.6 Å². The van der Waals surface area contributed by atoms with E-state index in [1.165, 1.54) is 27.8 Å². The average Bonchev–Trinajstić information content (AvgIpc) is 2.46. The zero-order valence-electron chi connectivity index (χ0n) is 12.6. The SMILES string of the molecule is CC(NC(=O)c1ccccc1)C(=O)N(C)C(C)(C)C(=O)O. The molecule has 0 radical (unpaired) electrons. The molecule has 21 heavy (non-hydrogen) atoms. The second-order valence-corrected chi connectivity index (χ2v) is 5.32. The molecule has 0 saturated carbocycles. The number of nitrogens with one attached hydrogen (secondary N) is 1. The van der Waals surface area contributed by atoms with E-state index in [1.807, 2.05) is 0 Å². The topological polar surface area (TPSA) is 86.7 Å². The fourth-order valence-electron chi connectivity index (χ4n) is 1.64. The number of hydrogen-bond donors (Lipinski definition) is 2. The van der Waals surface area contributed by atoms with Crippen LogP contribution in [-0.4, -0.2) is 46.4 Å². The summed E-state index contributed by atoms with van der Waals surface area (Å²) in [5.74, 6) is -1.95. The average molecular weight is 292 g/mol. The molecule has 1 aromatic rings. The molecule has 0 saturated heterocycles. The third-order valence-electron chi connectivity index (χ3n) is 3.45. The van der Waals surface area contributed by atoms with Crippen molar-refractivity contribution in [3.05, 3.63) is 35.9 Å². The number of carbonyl (C=O) groups excluding carboxylic acids is 2. The molecule has 2 N–H and O–H groups in total. The number of rotatable bonds is 5. The molecule has 1 rings (SSSR count). The number of carboxylic acid groups (broad SMARTS) is 1. The molecular weight excluding hydrogens is 272 g/mol. The standard InChI is InChI=1S/C15H20N2O4/c1-10(13(19)17(4)15(2,3)14(20)21)16-12(18)11-8-6-5-7-9-11/h5-10H,1-4H3,(H,16,18)(H,20,21). The number of benzene rings is 1. The van der Waals surface area contributed by atoms with Gasteiger partial charge in [-0.25, -0.2) is 4.79 Å². The molecule has 0 heterocycles. The lowest BCUT2D eigenvalue weighted by atomic mass is 10.0. The van der Waals surface area contributed by atoms with Gasteiger partial charge in [-0.05, 0) is 32.9 Å². The summed E-state index contributed by atoms with van der Waals surface area (Å²) in [4.78, 5) is 36.4. The highest BCUT2D eigenvalue weighted by Crippen LogP contribution is 2.14. The van der Waals surface area contributed by atoms with Crippen molar-refractivity contribution >= 4 is 17.8 Å². The van der Waals surface area contributed by atoms with Crippen LogP contribution in [0.15, 0.2) is 30.3 Å². The first-order valence-corrected chi connectivity index (χ1v) is 6.55. The van der Waals surface area contributed by atoms with Crippen molar-refractivity contribution in [1.82, 2.24) is 10.2 Å². The summed E-state index contributed by atoms with van der Waals surface area (Å²) in [5, 5.41) is 11.7. The predicted molar refractivity (Wildman–Crippen MR) is 77.9 cm³/mol. The Hall–Kier alpha value is -2.37. The van der Waals surface area contributed by atoms with Crippen LogP contribution in [0.5, 0.6) is 0 Å². The highest BCUT2D eigenvalue weighted by Gasteiger charge is 2.37. The zero-order chi connectivity index (χ0) is 16.2. The van der Waals surface area contributed by atoms with Crippen LogP contribution in [0, 0.1) is 0 Å². The molecule has 0 aromatic heterocycles. The Bertz CT molecular complexity index is 540. The van der Waals surface area contributed by atoms with Crippen LogP contribution in [0.3, 0.4) is 0 Å². The number of hydrogen-bond acceptors (Lipinski definition) is 3. The van der Waals surface area contributed by atoms with E-state index in [9.17, 15) is 14.4 Å². The predicted octanol–water partition coefficient (Wildman–Crippen LogP) is 1.13. The van der Waals surface area contributed by atoms with E-state index in [1.54, 1.807) is 30.3 Å². The molecule has 0 aliphatic rings. The Morgan fingerprint density at radius 2 is 1.71 bits per heavy atom. The first kappa shape index (κ1) is 16.7. The maximum atomic E-state index is 12.2. The summed E-state index contributed by atoms with van der Waals surface area (Å²) in [6.45, 7) is 4.38. The van der Waals surface area contributed by atoms with E-state index in [0.29, 0.717) is 5.56 Å². The number of carbonyl (C=O) groups is 3. The van der Waals surface area contributed by atoms with E-state index < -0.39 is 23.5 Å². The van der Waals surface area contributed by atoms with Gasteiger partial charge in [0, 0.05) is 12.6 Å². The van der Waals surface area contributed by atoms with Gasteiger partial charge >= 0.3 is 5.97 Å². The summed E-state index contributed by atoms with van der Waals surface area (Å²) in [6.07, 6.45) is 0. The van der Waals surface area contributed by atoms with Crippen LogP contribution >= 0.6 is 0 Å². The van der Waals surface area contributed by atoms with E-state index in [4.69, 9.17) is 5.11 Å². The van der Waals surface area contributed by atoms with Gasteiger partial charge in [0.25, 0.3) is 5.91 Å². The fourth-order valence-corrected chi connectivity index (χ4v) is 1.64. The van der Waals surface area contributed by atoms with Gasteiger partial charge in [-0.3, -0.25) is 9.59 Å². The minimum absolute atomic E-state index is 0.377. The first-order chi connectivity index (χ1) is 9.67. The molecule has 0 aliphatic carbocycles. The van der Waals surface area contributed by atoms with Crippen molar-refractivity contribution in [3.8, 4) is 0 Å². The van der Waals surface area contributed by atoms with Gasteiger partial charge in [-0.15, -0.1) is 0 Å². The molecule has 2 amide bonds. The lowest BCUT2D eigenvalue weighted by Gasteiger charge is -2.33. The first-order valence-electron chi connectivity index (χ1n) is 6.55. The van der Waals surface area contributed by atoms with Gasteiger partial charge in [0.15, 0.2) is 0 Å². The van der Waals surface area contributed by atoms with Crippen LogP contribution < -0.4 is 5.32 Å². The Kier molecular flexibility index (Phi) is 5.07. The molecular formula is C15H20N2O4. The van der Waals surface area contributed by atoms with Crippen molar-refractivity contribution in [2.75, 3.05) is 7.05 Å². The third kappa shape index (κ3) is 3.81. The lowest BCUT2D eigenvalue weighted by molar-refractivity contribution is -0.155. The molecule has 0 spiro atoms. The second kappa shape index (κ2) is 6.39. The zero-order valence-corrected chi connectivity index (χ0v) is 12.6. The van der Waals surface area contributed by atoms with E-state index in [-0.39, 0.29) is 5.91 Å². The Morgan fingerprint density at radius 1 is 1.19 bits per heavy atom. The highest BCUT2D eigenvalue weighted by atomic mass is 16.4. The molecule has 1 atom stereocenters. The second-order valence-electron chi connectivity index (χ2n) is 5.32. The smallest absolute Gasteiger partial charge is 0.329 e. The number of aliphatic carboxylic acids is 1. The largest absolute Gasteiger partial charge is 0.480 e. The summed E-state index contributed by atoms with van der Waals surface area (Å²) >= 11 is 0. The van der Waals surface area contributed by atoms with Crippen molar-refractivity contribution in [2.45, 2.75) is 32.4 Å². The Morgan fingerprint density at radius 3 is 2.19 bits per heavy atom. The van der Waals surface area contributed by atoms with Gasteiger partial charge in [-0.2, -0.15) is 0 Å².